The van der Waals surface area contributed by atoms with Crippen LogP contribution in [0.3, 0.4) is 0 Å². The number of rotatable bonds is 7. The molecule has 0 aliphatic heterocycles. The van der Waals surface area contributed by atoms with Gasteiger partial charge in [-0.2, -0.15) is 0 Å². The maximum atomic E-state index is 3.25. The Balaban J connectivity index is 2.39. The van der Waals surface area contributed by atoms with Crippen molar-refractivity contribution in [2.24, 2.45) is 0 Å². The summed E-state index contributed by atoms with van der Waals surface area (Å²) in [5.74, 6) is 1.24. The van der Waals surface area contributed by atoms with E-state index in [0.717, 1.165) is 0 Å². The Morgan fingerprint density at radius 2 is 1.88 bits per heavy atom. The zero-order valence-corrected chi connectivity index (χ0v) is 11.4. The van der Waals surface area contributed by atoms with E-state index in [1.165, 1.54) is 35.5 Å². The molecule has 0 aliphatic carbocycles. The Labute approximate surface area is 104 Å². The van der Waals surface area contributed by atoms with Crippen molar-refractivity contribution in [3.63, 3.8) is 0 Å². The lowest BCUT2D eigenvalue weighted by Crippen LogP contribution is -2.11. The van der Waals surface area contributed by atoms with Gasteiger partial charge in [-0.05, 0) is 43.8 Å². The SMILES string of the molecule is CCCCCSc1ccc(C(C)NC)cc1. The summed E-state index contributed by atoms with van der Waals surface area (Å²) in [7, 11) is 2.00. The van der Waals surface area contributed by atoms with Crippen molar-refractivity contribution in [2.45, 2.75) is 44.0 Å². The molecule has 1 aromatic rings. The van der Waals surface area contributed by atoms with Crippen LogP contribution in [-0.2, 0) is 0 Å². The van der Waals surface area contributed by atoms with Crippen LogP contribution in [0.15, 0.2) is 29.2 Å². The summed E-state index contributed by atoms with van der Waals surface area (Å²) in [5, 5.41) is 3.25. The lowest BCUT2D eigenvalue weighted by Gasteiger charge is -2.10. The third kappa shape index (κ3) is 4.58. The molecule has 90 valence electrons. The van der Waals surface area contributed by atoms with E-state index in [4.69, 9.17) is 0 Å². The van der Waals surface area contributed by atoms with Gasteiger partial charge in [-0.3, -0.25) is 0 Å². The number of nitrogens with one attached hydrogen (secondary N) is 1. The van der Waals surface area contributed by atoms with Crippen LogP contribution in [0.4, 0.5) is 0 Å². The van der Waals surface area contributed by atoms with Crippen molar-refractivity contribution in [1.82, 2.24) is 5.32 Å². The van der Waals surface area contributed by atoms with Crippen molar-refractivity contribution in [3.05, 3.63) is 29.8 Å². The molecule has 0 heterocycles. The molecule has 1 N–H and O–H groups in total. The maximum Gasteiger partial charge on any atom is 0.0289 e. The molecule has 0 aromatic heterocycles. The van der Waals surface area contributed by atoms with Gasteiger partial charge in [0.05, 0.1) is 0 Å². The Hall–Kier alpha value is -0.470. The van der Waals surface area contributed by atoms with Gasteiger partial charge in [-0.25, -0.2) is 0 Å². The molecule has 0 aliphatic rings. The predicted molar refractivity (Wildman–Crippen MR) is 74.2 cm³/mol. The summed E-state index contributed by atoms with van der Waals surface area (Å²) in [6.45, 7) is 4.43. The molecule has 0 radical (unpaired) electrons. The average molecular weight is 237 g/mol. The molecule has 16 heavy (non-hydrogen) atoms. The standard InChI is InChI=1S/C14H23NS/c1-4-5-6-11-16-14-9-7-13(8-10-14)12(2)15-3/h7-10,12,15H,4-6,11H2,1-3H3. The normalized spacial score (nSPS) is 12.7. The Kier molecular flexibility index (Phi) is 6.58. The van der Waals surface area contributed by atoms with Crippen molar-refractivity contribution < 1.29 is 0 Å². The van der Waals surface area contributed by atoms with E-state index in [1.807, 2.05) is 18.8 Å². The lowest BCUT2D eigenvalue weighted by atomic mass is 10.1. The molecular formula is C14H23NS. The highest BCUT2D eigenvalue weighted by atomic mass is 32.2. The first-order chi connectivity index (χ1) is 7.77. The fourth-order valence-corrected chi connectivity index (χ4v) is 2.47. The number of hydrogen-bond acceptors (Lipinski definition) is 2. The first-order valence-electron chi connectivity index (χ1n) is 6.18. The van der Waals surface area contributed by atoms with Gasteiger partial charge < -0.3 is 5.32 Å². The van der Waals surface area contributed by atoms with Crippen LogP contribution < -0.4 is 5.32 Å². The first-order valence-corrected chi connectivity index (χ1v) is 7.16. The van der Waals surface area contributed by atoms with E-state index in [9.17, 15) is 0 Å². The number of thioether (sulfide) groups is 1. The molecule has 1 rings (SSSR count). The first kappa shape index (κ1) is 13.6. The lowest BCUT2D eigenvalue weighted by molar-refractivity contribution is 0.652. The molecule has 0 amide bonds. The highest BCUT2D eigenvalue weighted by molar-refractivity contribution is 7.99. The summed E-state index contributed by atoms with van der Waals surface area (Å²) in [4.78, 5) is 1.39. The van der Waals surface area contributed by atoms with Crippen molar-refractivity contribution in [3.8, 4) is 0 Å². The molecule has 0 saturated heterocycles. The second kappa shape index (κ2) is 7.75. The summed E-state index contributed by atoms with van der Waals surface area (Å²) >= 11 is 1.97. The molecule has 0 spiro atoms. The topological polar surface area (TPSA) is 12.0 Å². The minimum Gasteiger partial charge on any atom is -0.313 e. The van der Waals surface area contributed by atoms with E-state index in [-0.39, 0.29) is 0 Å². The maximum absolute atomic E-state index is 3.25. The largest absolute Gasteiger partial charge is 0.313 e. The van der Waals surface area contributed by atoms with E-state index >= 15 is 0 Å². The van der Waals surface area contributed by atoms with E-state index < -0.39 is 0 Å². The van der Waals surface area contributed by atoms with Crippen LogP contribution in [0, 0.1) is 0 Å². The van der Waals surface area contributed by atoms with Gasteiger partial charge in [0.2, 0.25) is 0 Å². The third-order valence-corrected chi connectivity index (χ3v) is 3.93. The highest BCUT2D eigenvalue weighted by Crippen LogP contribution is 2.22. The summed E-state index contributed by atoms with van der Waals surface area (Å²) in [5.41, 5.74) is 1.36. The van der Waals surface area contributed by atoms with Gasteiger partial charge in [0.25, 0.3) is 0 Å². The smallest absolute Gasteiger partial charge is 0.0289 e. The van der Waals surface area contributed by atoms with Crippen LogP contribution in [0.25, 0.3) is 0 Å². The minimum atomic E-state index is 0.444. The molecule has 1 nitrogen and oxygen atoms in total. The average Bonchev–Trinajstić information content (AvgIpc) is 2.34. The number of hydrogen-bond donors (Lipinski definition) is 1. The monoisotopic (exact) mass is 237 g/mol. The van der Waals surface area contributed by atoms with E-state index in [0.29, 0.717) is 6.04 Å². The Morgan fingerprint density at radius 3 is 2.44 bits per heavy atom. The molecule has 1 aromatic carbocycles. The van der Waals surface area contributed by atoms with Crippen LogP contribution in [0.2, 0.25) is 0 Å². The molecule has 0 saturated carbocycles. The van der Waals surface area contributed by atoms with Gasteiger partial charge in [0, 0.05) is 10.9 Å². The molecule has 1 atom stereocenters. The van der Waals surface area contributed by atoms with Crippen LogP contribution in [0.5, 0.6) is 0 Å². The summed E-state index contributed by atoms with van der Waals surface area (Å²) < 4.78 is 0. The quantitative estimate of drug-likeness (QED) is 0.562. The van der Waals surface area contributed by atoms with Crippen molar-refractivity contribution in [2.75, 3.05) is 12.8 Å². The predicted octanol–water partition coefficient (Wildman–Crippen LogP) is 4.25. The highest BCUT2D eigenvalue weighted by Gasteiger charge is 2.01. The van der Waals surface area contributed by atoms with Gasteiger partial charge in [0.1, 0.15) is 0 Å². The minimum absolute atomic E-state index is 0.444. The van der Waals surface area contributed by atoms with Crippen LogP contribution in [0.1, 0.15) is 44.7 Å². The van der Waals surface area contributed by atoms with Gasteiger partial charge in [-0.15, -0.1) is 11.8 Å². The second-order valence-corrected chi connectivity index (χ2v) is 5.30. The second-order valence-electron chi connectivity index (χ2n) is 4.13. The summed E-state index contributed by atoms with van der Waals surface area (Å²) in [6, 6.07) is 9.37. The van der Waals surface area contributed by atoms with E-state index in [2.05, 4.69) is 43.4 Å². The van der Waals surface area contributed by atoms with Gasteiger partial charge in [-0.1, -0.05) is 31.9 Å². The molecule has 0 fully saturated rings. The van der Waals surface area contributed by atoms with Crippen molar-refractivity contribution >= 4 is 11.8 Å². The molecule has 2 heteroatoms. The summed E-state index contributed by atoms with van der Waals surface area (Å²) in [6.07, 6.45) is 3.98. The van der Waals surface area contributed by atoms with Crippen molar-refractivity contribution in [1.29, 1.82) is 0 Å². The Morgan fingerprint density at radius 1 is 1.19 bits per heavy atom. The molecular weight excluding hydrogens is 214 g/mol. The van der Waals surface area contributed by atoms with Crippen LogP contribution in [-0.4, -0.2) is 12.8 Å². The van der Waals surface area contributed by atoms with Gasteiger partial charge >= 0.3 is 0 Å². The van der Waals surface area contributed by atoms with Gasteiger partial charge in [0.15, 0.2) is 0 Å². The zero-order valence-electron chi connectivity index (χ0n) is 10.6. The fraction of sp³-hybridized carbons (Fsp3) is 0.571. The number of unbranched alkanes of at least 4 members (excludes halogenated alkanes) is 2. The number of benzene rings is 1. The Bertz CT molecular complexity index is 281. The molecule has 1 unspecified atom stereocenters. The zero-order chi connectivity index (χ0) is 11.8. The molecule has 0 bridgehead atoms. The fourth-order valence-electron chi connectivity index (χ4n) is 1.56. The van der Waals surface area contributed by atoms with E-state index in [1.54, 1.807) is 0 Å². The third-order valence-electron chi connectivity index (χ3n) is 2.83. The van der Waals surface area contributed by atoms with Crippen LogP contribution >= 0.6 is 11.8 Å².